The van der Waals surface area contributed by atoms with Gasteiger partial charge in [0.15, 0.2) is 0 Å². The Morgan fingerprint density at radius 1 is 1.24 bits per heavy atom. The number of nitrogens with one attached hydrogen (secondary N) is 1. The van der Waals surface area contributed by atoms with E-state index in [0.29, 0.717) is 12.6 Å². The van der Waals surface area contributed by atoms with E-state index in [1.807, 2.05) is 11.8 Å². The number of hydrogen-bond donors (Lipinski definition) is 2. The normalized spacial score (nSPS) is 12.6. The van der Waals surface area contributed by atoms with Crippen molar-refractivity contribution < 1.29 is 5.11 Å². The second kappa shape index (κ2) is 9.51. The number of rotatable bonds is 9. The molecule has 0 bridgehead atoms. The lowest BCUT2D eigenvalue weighted by Crippen LogP contribution is -2.23. The maximum atomic E-state index is 8.67. The van der Waals surface area contributed by atoms with E-state index in [1.54, 1.807) is 0 Å². The first-order chi connectivity index (χ1) is 8.38. The summed E-state index contributed by atoms with van der Waals surface area (Å²) in [6.45, 7) is 3.55. The molecular weight excluding hydrogens is 230 g/mol. The highest BCUT2D eigenvalue weighted by Gasteiger charge is 2.06. The minimum atomic E-state index is 0.308. The lowest BCUT2D eigenvalue weighted by Gasteiger charge is -2.17. The molecule has 0 fully saturated rings. The van der Waals surface area contributed by atoms with Gasteiger partial charge in [-0.2, -0.15) is 11.8 Å². The standard InChI is InChI=1S/C14H23NOS/c1-2-14(13-7-4-3-5-8-13)15-9-12-17-11-6-10-16/h3-5,7-8,14-16H,2,6,9-12H2,1H3. The van der Waals surface area contributed by atoms with Gasteiger partial charge in [-0.1, -0.05) is 37.3 Å². The molecule has 3 heteroatoms. The van der Waals surface area contributed by atoms with Gasteiger partial charge >= 0.3 is 0 Å². The molecule has 2 N–H and O–H groups in total. The van der Waals surface area contributed by atoms with Crippen LogP contribution in [0.2, 0.25) is 0 Å². The van der Waals surface area contributed by atoms with Crippen molar-refractivity contribution in [2.24, 2.45) is 0 Å². The van der Waals surface area contributed by atoms with E-state index in [0.717, 1.165) is 30.9 Å². The smallest absolute Gasteiger partial charge is 0.0438 e. The minimum Gasteiger partial charge on any atom is -0.396 e. The molecule has 0 aliphatic carbocycles. The Labute approximate surface area is 109 Å². The Hall–Kier alpha value is -0.510. The highest BCUT2D eigenvalue weighted by molar-refractivity contribution is 7.99. The fraction of sp³-hybridized carbons (Fsp3) is 0.571. The molecule has 0 saturated carbocycles. The van der Waals surface area contributed by atoms with Gasteiger partial charge in [0.05, 0.1) is 0 Å². The van der Waals surface area contributed by atoms with Gasteiger partial charge < -0.3 is 10.4 Å². The highest BCUT2D eigenvalue weighted by Crippen LogP contribution is 2.15. The van der Waals surface area contributed by atoms with Gasteiger partial charge in [0.1, 0.15) is 0 Å². The number of aliphatic hydroxyl groups is 1. The van der Waals surface area contributed by atoms with Crippen molar-refractivity contribution in [3.05, 3.63) is 35.9 Å². The van der Waals surface area contributed by atoms with Crippen LogP contribution in [-0.2, 0) is 0 Å². The summed E-state index contributed by atoms with van der Waals surface area (Å²) in [6.07, 6.45) is 2.02. The molecule has 1 rings (SSSR count). The van der Waals surface area contributed by atoms with Gasteiger partial charge in [-0.25, -0.2) is 0 Å². The lowest BCUT2D eigenvalue weighted by atomic mass is 10.1. The predicted octanol–water partition coefficient (Wildman–Crippen LogP) is 2.84. The largest absolute Gasteiger partial charge is 0.396 e. The SMILES string of the molecule is CCC(NCCSCCCO)c1ccccc1. The molecule has 2 nitrogen and oxygen atoms in total. The second-order valence-electron chi connectivity index (χ2n) is 4.02. The summed E-state index contributed by atoms with van der Waals surface area (Å²) in [7, 11) is 0. The van der Waals surface area contributed by atoms with Gasteiger partial charge in [0.25, 0.3) is 0 Å². The third-order valence-electron chi connectivity index (χ3n) is 2.69. The van der Waals surface area contributed by atoms with E-state index in [4.69, 9.17) is 5.11 Å². The van der Waals surface area contributed by atoms with Gasteiger partial charge in [0.2, 0.25) is 0 Å². The summed E-state index contributed by atoms with van der Waals surface area (Å²) in [4.78, 5) is 0. The van der Waals surface area contributed by atoms with Gasteiger partial charge in [0, 0.05) is 24.9 Å². The van der Waals surface area contributed by atoms with Gasteiger partial charge in [-0.05, 0) is 24.2 Å². The molecule has 0 aliphatic rings. The molecule has 96 valence electrons. The van der Waals surface area contributed by atoms with Crippen LogP contribution in [0.5, 0.6) is 0 Å². The summed E-state index contributed by atoms with van der Waals surface area (Å²) < 4.78 is 0. The number of aliphatic hydroxyl groups excluding tert-OH is 1. The van der Waals surface area contributed by atoms with Crippen molar-refractivity contribution in [3.8, 4) is 0 Å². The van der Waals surface area contributed by atoms with Crippen LogP contribution in [0.25, 0.3) is 0 Å². The molecule has 0 spiro atoms. The second-order valence-corrected chi connectivity index (χ2v) is 5.24. The fourth-order valence-corrected chi connectivity index (χ4v) is 2.56. The number of thioether (sulfide) groups is 1. The Morgan fingerprint density at radius 3 is 2.65 bits per heavy atom. The van der Waals surface area contributed by atoms with Crippen molar-refractivity contribution in [1.29, 1.82) is 0 Å². The number of benzene rings is 1. The summed E-state index contributed by atoms with van der Waals surface area (Å²) in [6, 6.07) is 11.1. The average Bonchev–Trinajstić information content (AvgIpc) is 2.39. The average molecular weight is 253 g/mol. The van der Waals surface area contributed by atoms with Crippen LogP contribution in [-0.4, -0.2) is 29.8 Å². The zero-order valence-electron chi connectivity index (χ0n) is 10.6. The van der Waals surface area contributed by atoms with Crippen LogP contribution in [0, 0.1) is 0 Å². The zero-order chi connectivity index (χ0) is 12.3. The Bertz CT molecular complexity index is 279. The van der Waals surface area contributed by atoms with E-state index in [9.17, 15) is 0 Å². The highest BCUT2D eigenvalue weighted by atomic mass is 32.2. The monoisotopic (exact) mass is 253 g/mol. The topological polar surface area (TPSA) is 32.3 Å². The molecule has 1 atom stereocenters. The van der Waals surface area contributed by atoms with E-state index >= 15 is 0 Å². The molecule has 0 radical (unpaired) electrons. The van der Waals surface area contributed by atoms with Crippen LogP contribution in [0.4, 0.5) is 0 Å². The van der Waals surface area contributed by atoms with Gasteiger partial charge in [-0.3, -0.25) is 0 Å². The molecule has 1 aromatic rings. The maximum Gasteiger partial charge on any atom is 0.0438 e. The van der Waals surface area contributed by atoms with Gasteiger partial charge in [-0.15, -0.1) is 0 Å². The molecule has 0 aromatic heterocycles. The van der Waals surface area contributed by atoms with Crippen LogP contribution in [0.3, 0.4) is 0 Å². The molecule has 1 aromatic carbocycles. The summed E-state index contributed by atoms with van der Waals surface area (Å²) >= 11 is 1.90. The molecule has 17 heavy (non-hydrogen) atoms. The quantitative estimate of drug-likeness (QED) is 0.664. The summed E-state index contributed by atoms with van der Waals surface area (Å²) in [5.41, 5.74) is 1.37. The molecule has 1 unspecified atom stereocenters. The van der Waals surface area contributed by atoms with Crippen molar-refractivity contribution in [3.63, 3.8) is 0 Å². The minimum absolute atomic E-state index is 0.308. The lowest BCUT2D eigenvalue weighted by molar-refractivity contribution is 0.296. The Kier molecular flexibility index (Phi) is 8.14. The van der Waals surface area contributed by atoms with E-state index in [-0.39, 0.29) is 0 Å². The first-order valence-corrected chi connectivity index (χ1v) is 7.51. The number of hydrogen-bond acceptors (Lipinski definition) is 3. The third-order valence-corrected chi connectivity index (χ3v) is 3.76. The predicted molar refractivity (Wildman–Crippen MR) is 76.5 cm³/mol. The third kappa shape index (κ3) is 6.10. The van der Waals surface area contributed by atoms with Crippen LogP contribution in [0.15, 0.2) is 30.3 Å². The van der Waals surface area contributed by atoms with E-state index in [1.165, 1.54) is 5.56 Å². The van der Waals surface area contributed by atoms with E-state index in [2.05, 4.69) is 42.6 Å². The van der Waals surface area contributed by atoms with Crippen molar-refractivity contribution >= 4 is 11.8 Å². The molecular formula is C14H23NOS. The van der Waals surface area contributed by atoms with E-state index < -0.39 is 0 Å². The summed E-state index contributed by atoms with van der Waals surface area (Å²) in [5, 5.41) is 12.2. The van der Waals surface area contributed by atoms with Crippen LogP contribution in [0.1, 0.15) is 31.4 Å². The first-order valence-electron chi connectivity index (χ1n) is 6.35. The van der Waals surface area contributed by atoms with Crippen LogP contribution < -0.4 is 5.32 Å². The first kappa shape index (κ1) is 14.6. The molecule has 0 heterocycles. The van der Waals surface area contributed by atoms with Crippen LogP contribution >= 0.6 is 11.8 Å². The summed E-state index contributed by atoms with van der Waals surface area (Å²) in [5.74, 6) is 2.17. The zero-order valence-corrected chi connectivity index (χ0v) is 11.4. The Morgan fingerprint density at radius 2 is 2.00 bits per heavy atom. The van der Waals surface area contributed by atoms with Crippen molar-refractivity contribution in [1.82, 2.24) is 5.32 Å². The van der Waals surface area contributed by atoms with Crippen molar-refractivity contribution in [2.45, 2.75) is 25.8 Å². The maximum absolute atomic E-state index is 8.67. The molecule has 0 aliphatic heterocycles. The Balaban J connectivity index is 2.20. The molecule has 0 amide bonds. The van der Waals surface area contributed by atoms with Crippen molar-refractivity contribution in [2.75, 3.05) is 24.7 Å². The molecule has 0 saturated heterocycles. The fourth-order valence-electron chi connectivity index (χ4n) is 1.76.